The maximum Gasteiger partial charge on any atom is 0.00106 e. The highest BCUT2D eigenvalue weighted by atomic mass is 14.1. The third-order valence-electron chi connectivity index (χ3n) is 2.33. The van der Waals surface area contributed by atoms with E-state index in [2.05, 4.69) is 76.3 Å². The van der Waals surface area contributed by atoms with E-state index in [-0.39, 0.29) is 0 Å². The number of allylic oxidation sites excluding steroid dienone is 8. The van der Waals surface area contributed by atoms with Crippen molar-refractivity contribution in [2.45, 2.75) is 27.7 Å². The molecule has 0 spiro atoms. The van der Waals surface area contributed by atoms with Gasteiger partial charge in [-0.3, -0.25) is 0 Å². The van der Waals surface area contributed by atoms with Gasteiger partial charge in [-0.2, -0.15) is 0 Å². The quantitative estimate of drug-likeness (QED) is 0.532. The molecule has 2 aliphatic rings. The van der Waals surface area contributed by atoms with Crippen molar-refractivity contribution < 1.29 is 0 Å². The van der Waals surface area contributed by atoms with Crippen LogP contribution in [0.4, 0.5) is 0 Å². The molecule has 0 aliphatic heterocycles. The Hall–Kier alpha value is -1.04. The maximum absolute atomic E-state index is 2.19. The molecule has 0 unspecified atom stereocenters. The van der Waals surface area contributed by atoms with Gasteiger partial charge in [0.2, 0.25) is 0 Å². The van der Waals surface area contributed by atoms with Crippen LogP contribution < -0.4 is 0 Å². The van der Waals surface area contributed by atoms with Crippen LogP contribution >= 0.6 is 0 Å². The van der Waals surface area contributed by atoms with Gasteiger partial charge < -0.3 is 0 Å². The molecule has 0 N–H and O–H groups in total. The zero-order valence-electron chi connectivity index (χ0n) is 9.62. The lowest BCUT2D eigenvalue weighted by Crippen LogP contribution is -1.97. The minimum atomic E-state index is 0.333. The Bertz CT molecular complexity index is 236. The Kier molecular flexibility index (Phi) is 3.15. The van der Waals surface area contributed by atoms with Crippen molar-refractivity contribution in [1.82, 2.24) is 0 Å². The van der Waals surface area contributed by atoms with E-state index in [1.807, 2.05) is 0 Å². The van der Waals surface area contributed by atoms with Crippen LogP contribution in [-0.2, 0) is 0 Å². The molecular weight excluding hydrogens is 168 g/mol. The second kappa shape index (κ2) is 4.00. The van der Waals surface area contributed by atoms with Crippen LogP contribution in [0.1, 0.15) is 27.7 Å². The fraction of sp³-hybridized carbons (Fsp3) is 0.429. The predicted octanol–water partition coefficient (Wildman–Crippen LogP) is 4.28. The second-order valence-electron chi connectivity index (χ2n) is 5.08. The molecule has 0 bridgehead atoms. The van der Waals surface area contributed by atoms with Crippen LogP contribution in [0.5, 0.6) is 0 Å². The summed E-state index contributed by atoms with van der Waals surface area (Å²) < 4.78 is 0. The highest BCUT2D eigenvalue weighted by molar-refractivity contribution is 5.22. The van der Waals surface area contributed by atoms with Crippen molar-refractivity contribution in [3.8, 4) is 0 Å². The number of rotatable bonds is 0. The summed E-state index contributed by atoms with van der Waals surface area (Å²) in [6.07, 6.45) is 17.1. The van der Waals surface area contributed by atoms with Crippen LogP contribution in [-0.4, -0.2) is 0 Å². The van der Waals surface area contributed by atoms with Gasteiger partial charge in [-0.05, 0) is 0 Å². The van der Waals surface area contributed by atoms with Gasteiger partial charge in [0.05, 0.1) is 0 Å². The summed E-state index contributed by atoms with van der Waals surface area (Å²) >= 11 is 0. The standard InChI is InChI=1S/2C7H10/c2*1-7(2)5-3-4-6-7/h2*3-6H,1-2H3. The molecule has 0 amide bonds. The maximum atomic E-state index is 2.19. The number of hydrogen-bond donors (Lipinski definition) is 0. The lowest BCUT2D eigenvalue weighted by atomic mass is 9.97. The van der Waals surface area contributed by atoms with Crippen molar-refractivity contribution in [2.75, 3.05) is 0 Å². The number of hydrogen-bond acceptors (Lipinski definition) is 0. The predicted molar refractivity (Wildman–Crippen MR) is 64.1 cm³/mol. The van der Waals surface area contributed by atoms with E-state index >= 15 is 0 Å². The van der Waals surface area contributed by atoms with E-state index in [1.165, 1.54) is 0 Å². The topological polar surface area (TPSA) is 0 Å². The van der Waals surface area contributed by atoms with Crippen molar-refractivity contribution in [3.63, 3.8) is 0 Å². The average molecular weight is 188 g/mol. The minimum Gasteiger partial charge on any atom is -0.0751 e. The van der Waals surface area contributed by atoms with Crippen molar-refractivity contribution in [3.05, 3.63) is 48.6 Å². The first-order valence-corrected chi connectivity index (χ1v) is 5.15. The zero-order valence-corrected chi connectivity index (χ0v) is 9.62. The van der Waals surface area contributed by atoms with E-state index in [9.17, 15) is 0 Å². The molecule has 14 heavy (non-hydrogen) atoms. The molecule has 0 heterocycles. The van der Waals surface area contributed by atoms with Gasteiger partial charge in [-0.15, -0.1) is 0 Å². The molecule has 0 saturated carbocycles. The average Bonchev–Trinajstić information content (AvgIpc) is 2.60. The molecule has 76 valence electrons. The highest BCUT2D eigenvalue weighted by Gasteiger charge is 2.10. The monoisotopic (exact) mass is 188 g/mol. The summed E-state index contributed by atoms with van der Waals surface area (Å²) in [5, 5.41) is 0. The van der Waals surface area contributed by atoms with Gasteiger partial charge in [-0.25, -0.2) is 0 Å². The summed E-state index contributed by atoms with van der Waals surface area (Å²) in [5.41, 5.74) is 0.667. The van der Waals surface area contributed by atoms with Crippen LogP contribution in [0.2, 0.25) is 0 Å². The first-order chi connectivity index (χ1) is 6.41. The van der Waals surface area contributed by atoms with Gasteiger partial charge in [-0.1, -0.05) is 76.3 Å². The summed E-state index contributed by atoms with van der Waals surface area (Å²) in [5.74, 6) is 0. The van der Waals surface area contributed by atoms with Gasteiger partial charge >= 0.3 is 0 Å². The normalized spacial score (nSPS) is 23.7. The molecule has 0 atom stereocenters. The lowest BCUT2D eigenvalue weighted by Gasteiger charge is -2.08. The van der Waals surface area contributed by atoms with E-state index in [0.29, 0.717) is 10.8 Å². The van der Waals surface area contributed by atoms with Gasteiger partial charge in [0.25, 0.3) is 0 Å². The molecule has 0 radical (unpaired) electrons. The molecule has 0 aromatic carbocycles. The first-order valence-electron chi connectivity index (χ1n) is 5.15. The molecule has 0 fully saturated rings. The molecule has 0 saturated heterocycles. The van der Waals surface area contributed by atoms with Crippen molar-refractivity contribution in [1.29, 1.82) is 0 Å². The molecule has 0 aromatic rings. The Morgan fingerprint density at radius 3 is 0.786 bits per heavy atom. The fourth-order valence-corrected chi connectivity index (χ4v) is 1.33. The summed E-state index contributed by atoms with van der Waals surface area (Å²) in [4.78, 5) is 0. The van der Waals surface area contributed by atoms with Gasteiger partial charge in [0, 0.05) is 10.8 Å². The van der Waals surface area contributed by atoms with Crippen LogP contribution in [0.25, 0.3) is 0 Å². The van der Waals surface area contributed by atoms with Crippen LogP contribution in [0, 0.1) is 10.8 Å². The van der Waals surface area contributed by atoms with E-state index in [4.69, 9.17) is 0 Å². The van der Waals surface area contributed by atoms with E-state index in [1.54, 1.807) is 0 Å². The molecule has 0 nitrogen and oxygen atoms in total. The van der Waals surface area contributed by atoms with Crippen LogP contribution in [0.3, 0.4) is 0 Å². The van der Waals surface area contributed by atoms with Crippen LogP contribution in [0.15, 0.2) is 48.6 Å². The Morgan fingerprint density at radius 1 is 0.500 bits per heavy atom. The third kappa shape index (κ3) is 3.78. The summed E-state index contributed by atoms with van der Waals surface area (Å²) in [6.45, 7) is 8.75. The smallest absolute Gasteiger partial charge is 0.00106 e. The summed E-state index contributed by atoms with van der Waals surface area (Å²) in [6, 6.07) is 0. The zero-order chi connectivity index (χ0) is 10.7. The van der Waals surface area contributed by atoms with E-state index in [0.717, 1.165) is 0 Å². The second-order valence-corrected chi connectivity index (χ2v) is 5.08. The summed E-state index contributed by atoms with van der Waals surface area (Å²) in [7, 11) is 0. The first kappa shape index (κ1) is 11.0. The Morgan fingerprint density at radius 2 is 0.714 bits per heavy atom. The van der Waals surface area contributed by atoms with E-state index < -0.39 is 0 Å². The Labute approximate surface area is 87.7 Å². The Balaban J connectivity index is 0.000000140. The molecule has 2 aliphatic carbocycles. The largest absolute Gasteiger partial charge is 0.0751 e. The van der Waals surface area contributed by atoms with Gasteiger partial charge in [0.1, 0.15) is 0 Å². The minimum absolute atomic E-state index is 0.333. The van der Waals surface area contributed by atoms with Gasteiger partial charge in [0.15, 0.2) is 0 Å². The fourth-order valence-electron chi connectivity index (χ4n) is 1.33. The highest BCUT2D eigenvalue weighted by Crippen LogP contribution is 2.23. The third-order valence-corrected chi connectivity index (χ3v) is 2.33. The molecule has 0 aromatic heterocycles. The molecule has 0 heteroatoms. The van der Waals surface area contributed by atoms with Crippen molar-refractivity contribution >= 4 is 0 Å². The van der Waals surface area contributed by atoms with Crippen molar-refractivity contribution in [2.24, 2.45) is 10.8 Å². The molecular formula is C14H20. The SMILES string of the molecule is CC1(C)C=CC=C1.CC1(C)C=CC=C1. The lowest BCUT2D eigenvalue weighted by molar-refractivity contribution is 0.636. The molecule has 2 rings (SSSR count).